The third kappa shape index (κ3) is 2.22. The third-order valence-electron chi connectivity index (χ3n) is 3.83. The summed E-state index contributed by atoms with van der Waals surface area (Å²) in [4.78, 5) is 0. The first kappa shape index (κ1) is 15.8. The lowest BCUT2D eigenvalue weighted by Gasteiger charge is -1.93. The highest BCUT2D eigenvalue weighted by Crippen LogP contribution is 2.39. The Kier molecular flexibility index (Phi) is 3.55. The van der Waals surface area contributed by atoms with Crippen molar-refractivity contribution in [3.05, 3.63) is 53.8 Å². The Balaban J connectivity index is 2.31. The minimum atomic E-state index is 0.107. The van der Waals surface area contributed by atoms with Gasteiger partial charge in [-0.25, -0.2) is 0 Å². The fourth-order valence-electron chi connectivity index (χ4n) is 2.82. The van der Waals surface area contributed by atoms with Gasteiger partial charge in [0.15, 0.2) is 0 Å². The Morgan fingerprint density at radius 3 is 1.46 bits per heavy atom. The molecule has 0 amide bonds. The van der Waals surface area contributed by atoms with E-state index in [4.69, 9.17) is 23.2 Å². The molecule has 6 heteroatoms. The molecule has 0 spiro atoms. The molecule has 0 saturated carbocycles. The normalized spacial score (nSPS) is 13.1. The maximum absolute atomic E-state index is 10.7. The monoisotopic (exact) mass is 392 g/mol. The lowest BCUT2D eigenvalue weighted by atomic mass is 10.2. The number of fused-ring (bicyclic) bond motifs is 2. The van der Waals surface area contributed by atoms with Crippen molar-refractivity contribution in [2.24, 2.45) is 0 Å². The first-order valence-corrected chi connectivity index (χ1v) is 9.30. The van der Waals surface area contributed by atoms with E-state index in [2.05, 4.69) is 13.2 Å². The molecule has 4 rings (SSSR count). The van der Waals surface area contributed by atoms with Gasteiger partial charge in [-0.15, -0.1) is 22.7 Å². The molecule has 2 aromatic carbocycles. The van der Waals surface area contributed by atoms with E-state index in [9.17, 15) is 10.2 Å². The van der Waals surface area contributed by atoms with Gasteiger partial charge >= 0.3 is 0 Å². The van der Waals surface area contributed by atoms with Crippen LogP contribution in [-0.4, -0.2) is 10.2 Å². The van der Waals surface area contributed by atoms with Gasteiger partial charge in [0.2, 0.25) is 0 Å². The second-order valence-corrected chi connectivity index (χ2v) is 8.41. The maximum Gasteiger partial charge on any atom is 0.143 e. The second-order valence-electron chi connectivity index (χ2n) is 5.44. The van der Waals surface area contributed by atoms with Crippen LogP contribution in [0.25, 0.3) is 33.3 Å². The van der Waals surface area contributed by atoms with Gasteiger partial charge < -0.3 is 10.2 Å². The number of rotatable bonds is 0. The first-order valence-electron chi connectivity index (χ1n) is 6.91. The molecule has 0 aliphatic carbocycles. The molecular weight excluding hydrogens is 383 g/mol. The fraction of sp³-hybridized carbons (Fsp3) is 0. The van der Waals surface area contributed by atoms with Crippen LogP contribution in [0.5, 0.6) is 11.5 Å². The van der Waals surface area contributed by atoms with Crippen LogP contribution >= 0.6 is 45.9 Å². The summed E-state index contributed by atoms with van der Waals surface area (Å²) in [5.74, 6) is 0.213. The highest BCUT2D eigenvalue weighted by molar-refractivity contribution is 7.21. The average molecular weight is 393 g/mol. The molecule has 2 nitrogen and oxygen atoms in total. The highest BCUT2D eigenvalue weighted by Gasteiger charge is 2.14. The zero-order chi connectivity index (χ0) is 17.2. The number of aromatic hydroxyl groups is 2. The molecule has 0 radical (unpaired) electrons. The zero-order valence-electron chi connectivity index (χ0n) is 12.2. The van der Waals surface area contributed by atoms with Gasteiger partial charge in [0, 0.05) is 30.2 Å². The summed E-state index contributed by atoms with van der Waals surface area (Å²) in [5, 5.41) is 25.1. The molecule has 4 aromatic rings. The van der Waals surface area contributed by atoms with Crippen LogP contribution in [0.3, 0.4) is 0 Å². The van der Waals surface area contributed by atoms with Crippen LogP contribution in [0.1, 0.15) is 0 Å². The zero-order valence-corrected chi connectivity index (χ0v) is 15.3. The Hall–Kier alpha value is -1.72. The van der Waals surface area contributed by atoms with E-state index in [0.29, 0.717) is 40.3 Å². The van der Waals surface area contributed by atoms with Crippen molar-refractivity contribution in [2.45, 2.75) is 0 Å². The predicted molar refractivity (Wildman–Crippen MR) is 105 cm³/mol. The summed E-state index contributed by atoms with van der Waals surface area (Å²) in [5.41, 5.74) is 0. The number of benzene rings is 2. The quantitative estimate of drug-likeness (QED) is 0.444. The minimum Gasteiger partial charge on any atom is -0.506 e. The number of hydrogen-bond acceptors (Lipinski definition) is 4. The van der Waals surface area contributed by atoms with Gasteiger partial charge in [0.05, 0.1) is 9.06 Å². The molecule has 0 atom stereocenters. The topological polar surface area (TPSA) is 40.5 Å². The van der Waals surface area contributed by atoms with Gasteiger partial charge in [-0.1, -0.05) is 36.4 Å². The third-order valence-corrected chi connectivity index (χ3v) is 6.68. The summed E-state index contributed by atoms with van der Waals surface area (Å²) >= 11 is 14.9. The molecule has 24 heavy (non-hydrogen) atoms. The SMILES string of the molecule is C=c1cc(Cl)cc2sc(=c3sc4cc(Cl)cc(=C)c4c3O)c(O)c12. The van der Waals surface area contributed by atoms with E-state index in [0.717, 1.165) is 9.40 Å². The molecule has 0 saturated heterocycles. The smallest absolute Gasteiger partial charge is 0.143 e. The first-order chi connectivity index (χ1) is 11.4. The molecular formula is C18H10Cl2O2S2. The van der Waals surface area contributed by atoms with Crippen LogP contribution in [-0.2, 0) is 0 Å². The van der Waals surface area contributed by atoms with E-state index in [1.807, 2.05) is 0 Å². The van der Waals surface area contributed by atoms with Gasteiger partial charge in [-0.05, 0) is 34.7 Å². The standard InChI is InChI=1S/C18H10Cl2O2S2/c1-7-3-9(19)5-11-13(7)15(21)17(23-11)18-16(22)14-8(2)4-10(20)6-12(14)24-18/h3-6,21-22H,1-2H2. The lowest BCUT2D eigenvalue weighted by Crippen LogP contribution is -1.96. The van der Waals surface area contributed by atoms with Crippen LogP contribution in [0, 0.1) is 9.06 Å². The van der Waals surface area contributed by atoms with E-state index in [-0.39, 0.29) is 11.5 Å². The summed E-state index contributed by atoms with van der Waals surface area (Å²) in [7, 11) is 0. The number of thiophene rings is 2. The lowest BCUT2D eigenvalue weighted by molar-refractivity contribution is 0.472. The van der Waals surface area contributed by atoms with Crippen molar-refractivity contribution >= 4 is 79.2 Å². The van der Waals surface area contributed by atoms with E-state index >= 15 is 0 Å². The summed E-state index contributed by atoms with van der Waals surface area (Å²) < 4.78 is 2.83. The van der Waals surface area contributed by atoms with Gasteiger partial charge in [-0.3, -0.25) is 0 Å². The largest absolute Gasteiger partial charge is 0.506 e. The van der Waals surface area contributed by atoms with Crippen molar-refractivity contribution in [1.82, 2.24) is 0 Å². The van der Waals surface area contributed by atoms with E-state index in [1.165, 1.54) is 22.7 Å². The van der Waals surface area contributed by atoms with Gasteiger partial charge in [0.1, 0.15) is 11.5 Å². The molecule has 2 aromatic heterocycles. The number of hydrogen-bond donors (Lipinski definition) is 2. The summed E-state index contributed by atoms with van der Waals surface area (Å²) in [6, 6.07) is 6.98. The highest BCUT2D eigenvalue weighted by atomic mass is 35.5. The Bertz CT molecular complexity index is 1230. The Morgan fingerprint density at radius 1 is 0.708 bits per heavy atom. The molecule has 0 aliphatic heterocycles. The van der Waals surface area contributed by atoms with Crippen molar-refractivity contribution in [3.63, 3.8) is 0 Å². The molecule has 2 N–H and O–H groups in total. The van der Waals surface area contributed by atoms with E-state index in [1.54, 1.807) is 24.3 Å². The summed E-state index contributed by atoms with van der Waals surface area (Å²) in [6.45, 7) is 7.89. The van der Waals surface area contributed by atoms with E-state index < -0.39 is 0 Å². The molecule has 0 bridgehead atoms. The Labute approximate surface area is 154 Å². The summed E-state index contributed by atoms with van der Waals surface area (Å²) in [6.07, 6.45) is 0. The van der Waals surface area contributed by atoms with Crippen molar-refractivity contribution in [3.8, 4) is 11.5 Å². The van der Waals surface area contributed by atoms with Crippen molar-refractivity contribution < 1.29 is 10.2 Å². The van der Waals surface area contributed by atoms with Gasteiger partial charge in [0.25, 0.3) is 0 Å². The number of halogens is 2. The molecule has 0 unspecified atom stereocenters. The van der Waals surface area contributed by atoms with Crippen molar-refractivity contribution in [1.29, 1.82) is 0 Å². The fourth-order valence-corrected chi connectivity index (χ4v) is 5.93. The molecule has 120 valence electrons. The molecule has 2 heterocycles. The predicted octanol–water partition coefficient (Wildman–Crippen LogP) is 4.94. The minimum absolute atomic E-state index is 0.107. The second kappa shape index (κ2) is 5.39. The van der Waals surface area contributed by atoms with Crippen LogP contribution in [0.2, 0.25) is 10.0 Å². The van der Waals surface area contributed by atoms with Crippen molar-refractivity contribution in [2.75, 3.05) is 0 Å². The van der Waals surface area contributed by atoms with Crippen LogP contribution in [0.15, 0.2) is 24.3 Å². The van der Waals surface area contributed by atoms with Crippen LogP contribution in [0.4, 0.5) is 0 Å². The maximum atomic E-state index is 10.7. The van der Waals surface area contributed by atoms with Gasteiger partial charge in [-0.2, -0.15) is 0 Å². The Morgan fingerprint density at radius 2 is 1.08 bits per heavy atom. The average Bonchev–Trinajstić information content (AvgIpc) is 2.96. The van der Waals surface area contributed by atoms with Crippen LogP contribution < -0.4 is 10.4 Å². The molecule has 0 aliphatic rings. The molecule has 0 fully saturated rings.